The Morgan fingerprint density at radius 1 is 1.02 bits per heavy atom. The molecule has 206 valence electrons. The molecule has 0 radical (unpaired) electrons. The van der Waals surface area contributed by atoms with E-state index in [1.165, 1.54) is 24.8 Å². The lowest BCUT2D eigenvalue weighted by molar-refractivity contribution is -0.138. The fourth-order valence-corrected chi connectivity index (χ4v) is 4.29. The molecule has 1 aliphatic rings. The van der Waals surface area contributed by atoms with Gasteiger partial charge in [0.15, 0.2) is 0 Å². The molecule has 1 fully saturated rings. The maximum Gasteiger partial charge on any atom is 0.417 e. The van der Waals surface area contributed by atoms with Crippen LogP contribution in [0.2, 0.25) is 0 Å². The van der Waals surface area contributed by atoms with Crippen LogP contribution in [-0.2, 0) is 22.3 Å². The van der Waals surface area contributed by atoms with Gasteiger partial charge in [-0.3, -0.25) is 9.59 Å². The second kappa shape index (κ2) is 10.6. The van der Waals surface area contributed by atoms with Gasteiger partial charge in [0.05, 0.1) is 29.4 Å². The number of nitrogens with zero attached hydrogens (tertiary/aromatic N) is 3. The summed E-state index contributed by atoms with van der Waals surface area (Å²) in [5.74, 6) is -1.70. The molecule has 3 amide bonds. The van der Waals surface area contributed by atoms with E-state index in [0.29, 0.717) is 33.6 Å². The zero-order valence-corrected chi connectivity index (χ0v) is 21.4. The highest BCUT2D eigenvalue weighted by atomic mass is 19.4. The van der Waals surface area contributed by atoms with E-state index in [-0.39, 0.29) is 18.8 Å². The number of rotatable bonds is 8. The minimum atomic E-state index is -4.85. The Bertz CT molecular complexity index is 1510. The van der Waals surface area contributed by atoms with Crippen molar-refractivity contribution in [3.63, 3.8) is 0 Å². The van der Waals surface area contributed by atoms with Crippen LogP contribution in [0.15, 0.2) is 66.7 Å². The Kier molecular flexibility index (Phi) is 7.42. The van der Waals surface area contributed by atoms with Gasteiger partial charge in [0, 0.05) is 17.1 Å². The third-order valence-corrected chi connectivity index (χ3v) is 6.46. The van der Waals surface area contributed by atoms with Crippen LogP contribution >= 0.6 is 0 Å². The lowest BCUT2D eigenvalue weighted by Gasteiger charge is -2.28. The number of para-hydroxylation sites is 1. The third kappa shape index (κ3) is 5.54. The second-order valence-electron chi connectivity index (χ2n) is 9.51. The van der Waals surface area contributed by atoms with Gasteiger partial charge in [-0.25, -0.2) is 9.69 Å². The maximum absolute atomic E-state index is 13.5. The van der Waals surface area contributed by atoms with E-state index >= 15 is 0 Å². The molecule has 1 aliphatic heterocycles. The van der Waals surface area contributed by atoms with Gasteiger partial charge < -0.3 is 20.6 Å². The molecule has 3 N–H and O–H groups in total. The number of benzene rings is 3. The molecular formula is C28H24F3N5O4. The number of alkyl halides is 3. The first-order valence-electron chi connectivity index (χ1n) is 12.0. The Morgan fingerprint density at radius 3 is 2.30 bits per heavy atom. The van der Waals surface area contributed by atoms with E-state index in [1.54, 1.807) is 48.5 Å². The predicted molar refractivity (Wildman–Crippen MR) is 141 cm³/mol. The van der Waals surface area contributed by atoms with Gasteiger partial charge >= 0.3 is 18.2 Å². The summed E-state index contributed by atoms with van der Waals surface area (Å²) in [6.45, 7) is 2.77. The summed E-state index contributed by atoms with van der Waals surface area (Å²) >= 11 is 0. The van der Waals surface area contributed by atoms with Crippen LogP contribution < -0.4 is 15.5 Å². The Morgan fingerprint density at radius 2 is 1.68 bits per heavy atom. The van der Waals surface area contributed by atoms with Crippen molar-refractivity contribution in [1.29, 1.82) is 5.26 Å². The summed E-state index contributed by atoms with van der Waals surface area (Å²) < 4.78 is 40.6. The van der Waals surface area contributed by atoms with Gasteiger partial charge in [-0.2, -0.15) is 18.4 Å². The lowest BCUT2D eigenvalue weighted by Crippen LogP contribution is -2.43. The number of carboxylic acids is 1. The van der Waals surface area contributed by atoms with Crippen molar-refractivity contribution in [1.82, 2.24) is 4.90 Å². The summed E-state index contributed by atoms with van der Waals surface area (Å²) in [6, 6.07) is 17.3. The molecule has 0 saturated carbocycles. The van der Waals surface area contributed by atoms with Crippen molar-refractivity contribution in [3.8, 4) is 6.07 Å². The first-order valence-corrected chi connectivity index (χ1v) is 12.0. The number of hydrogen-bond donors (Lipinski definition) is 3. The number of carbonyl (C=O) groups is 3. The quantitative estimate of drug-likeness (QED) is 0.313. The van der Waals surface area contributed by atoms with Crippen LogP contribution in [0.1, 0.15) is 30.5 Å². The van der Waals surface area contributed by atoms with Gasteiger partial charge in [-0.15, -0.1) is 0 Å². The standard InChI is InChI=1S/C28H24F3N5O4/c1-27(2)25(39)36(21-12-7-17(14-32)22(13-21)28(29,30)31)26(40)35(27)16-18-5-3-4-6-23(18)34-20-10-8-19(9-11-20)33-15-24(37)38/h3-13,33-34H,15-16H2,1-2H3,(H,37,38). The van der Waals surface area contributed by atoms with E-state index < -0.39 is 40.7 Å². The second-order valence-corrected chi connectivity index (χ2v) is 9.51. The number of amides is 3. The summed E-state index contributed by atoms with van der Waals surface area (Å²) in [5.41, 5.74) is -0.951. The van der Waals surface area contributed by atoms with Crippen LogP contribution in [0.3, 0.4) is 0 Å². The summed E-state index contributed by atoms with van der Waals surface area (Å²) in [4.78, 5) is 39.5. The molecule has 9 nitrogen and oxygen atoms in total. The molecule has 0 unspecified atom stereocenters. The summed E-state index contributed by atoms with van der Waals surface area (Å²) in [5, 5.41) is 23.9. The van der Waals surface area contributed by atoms with Crippen LogP contribution in [0.5, 0.6) is 0 Å². The minimum Gasteiger partial charge on any atom is -0.480 e. The fraction of sp³-hybridized carbons (Fsp3) is 0.214. The number of anilines is 4. The largest absolute Gasteiger partial charge is 0.480 e. The highest BCUT2D eigenvalue weighted by Crippen LogP contribution is 2.38. The molecule has 0 atom stereocenters. The average Bonchev–Trinajstić information content (AvgIpc) is 3.07. The molecule has 0 aliphatic carbocycles. The monoisotopic (exact) mass is 551 g/mol. The maximum atomic E-state index is 13.5. The normalized spacial score (nSPS) is 14.7. The van der Waals surface area contributed by atoms with Gasteiger partial charge in [0.25, 0.3) is 5.91 Å². The molecule has 1 saturated heterocycles. The molecule has 0 spiro atoms. The number of nitrogens with one attached hydrogen (secondary N) is 2. The van der Waals surface area contributed by atoms with E-state index in [2.05, 4.69) is 10.6 Å². The Hall–Kier alpha value is -5.05. The predicted octanol–water partition coefficient (Wildman–Crippen LogP) is 5.56. The van der Waals surface area contributed by atoms with Crippen LogP contribution in [0.25, 0.3) is 0 Å². The fourth-order valence-electron chi connectivity index (χ4n) is 4.29. The zero-order chi connectivity index (χ0) is 29.2. The van der Waals surface area contributed by atoms with Crippen LogP contribution in [0, 0.1) is 11.3 Å². The van der Waals surface area contributed by atoms with Crippen LogP contribution in [0.4, 0.5) is 40.7 Å². The van der Waals surface area contributed by atoms with E-state index in [1.807, 2.05) is 0 Å². The molecular weight excluding hydrogens is 527 g/mol. The third-order valence-electron chi connectivity index (χ3n) is 6.46. The van der Waals surface area contributed by atoms with Crippen molar-refractivity contribution in [3.05, 3.63) is 83.4 Å². The molecule has 4 rings (SSSR count). The van der Waals surface area contributed by atoms with Crippen molar-refractivity contribution in [2.75, 3.05) is 22.1 Å². The first-order chi connectivity index (χ1) is 18.8. The minimum absolute atomic E-state index is 0.0299. The lowest BCUT2D eigenvalue weighted by atomic mass is 10.0. The zero-order valence-electron chi connectivity index (χ0n) is 21.4. The smallest absolute Gasteiger partial charge is 0.417 e. The Balaban J connectivity index is 1.60. The molecule has 3 aromatic rings. The number of aliphatic carboxylic acids is 1. The van der Waals surface area contributed by atoms with Gasteiger partial charge in [0.2, 0.25) is 0 Å². The molecule has 3 aromatic carbocycles. The van der Waals surface area contributed by atoms with Crippen molar-refractivity contribution >= 4 is 40.7 Å². The van der Waals surface area contributed by atoms with E-state index in [9.17, 15) is 27.6 Å². The van der Waals surface area contributed by atoms with E-state index in [4.69, 9.17) is 10.4 Å². The van der Waals surface area contributed by atoms with Crippen molar-refractivity contribution in [2.24, 2.45) is 0 Å². The first kappa shape index (κ1) is 28.0. The number of carboxylic acid groups (broad SMARTS) is 1. The number of urea groups is 1. The number of hydrogen-bond acceptors (Lipinski definition) is 6. The van der Waals surface area contributed by atoms with Crippen molar-refractivity contribution < 1.29 is 32.7 Å². The van der Waals surface area contributed by atoms with Crippen molar-refractivity contribution in [2.45, 2.75) is 32.1 Å². The molecule has 0 bridgehead atoms. The number of halogens is 3. The van der Waals surface area contributed by atoms with Gasteiger partial charge in [0.1, 0.15) is 12.1 Å². The van der Waals surface area contributed by atoms with E-state index in [0.717, 1.165) is 12.1 Å². The topological polar surface area (TPSA) is 126 Å². The number of nitriles is 1. The summed E-state index contributed by atoms with van der Waals surface area (Å²) in [6.07, 6.45) is -4.85. The number of imide groups is 1. The molecule has 1 heterocycles. The SMILES string of the molecule is CC1(C)C(=O)N(c2ccc(C#N)c(C(F)(F)F)c2)C(=O)N1Cc1ccccc1Nc1ccc(NCC(=O)O)cc1. The highest BCUT2D eigenvalue weighted by Gasteiger charge is 2.52. The average molecular weight is 552 g/mol. The van der Waals surface area contributed by atoms with Crippen LogP contribution in [-0.4, -0.2) is 40.0 Å². The number of carbonyl (C=O) groups excluding carboxylic acids is 2. The highest BCUT2D eigenvalue weighted by molar-refractivity contribution is 6.23. The summed E-state index contributed by atoms with van der Waals surface area (Å²) in [7, 11) is 0. The molecule has 0 aromatic heterocycles. The van der Waals surface area contributed by atoms with Gasteiger partial charge in [-0.05, 0) is 67.9 Å². The molecule has 40 heavy (non-hydrogen) atoms. The Labute approximate surface area is 227 Å². The van der Waals surface area contributed by atoms with Gasteiger partial charge in [-0.1, -0.05) is 18.2 Å². The molecule has 12 heteroatoms.